The molecule has 0 fully saturated rings. The molecule has 4 rings (SSSR count). The van der Waals surface area contributed by atoms with Gasteiger partial charge >= 0.3 is 11.9 Å². The monoisotopic (exact) mass is 599 g/mol. The number of nitrogens with zero attached hydrogens (tertiary/aromatic N) is 1. The minimum absolute atomic E-state index is 0.0654. The molecule has 0 saturated heterocycles. The second-order valence-corrected chi connectivity index (χ2v) is 11.4. The van der Waals surface area contributed by atoms with Gasteiger partial charge in [-0.15, -0.1) is 11.3 Å². The van der Waals surface area contributed by atoms with E-state index >= 15 is 0 Å². The van der Waals surface area contributed by atoms with Crippen LogP contribution in [-0.2, 0) is 27.5 Å². The van der Waals surface area contributed by atoms with Crippen molar-refractivity contribution < 1.29 is 48.7 Å². The number of ketones is 1. The first-order chi connectivity index (χ1) is 20.0. The quantitative estimate of drug-likeness (QED) is 0.175. The van der Waals surface area contributed by atoms with Gasteiger partial charge in [0.2, 0.25) is 5.91 Å². The normalized spacial score (nSPS) is 13.8. The fourth-order valence-electron chi connectivity index (χ4n) is 4.53. The van der Waals surface area contributed by atoms with E-state index in [4.69, 9.17) is 24.4 Å². The molecule has 0 bridgehead atoms. The van der Waals surface area contributed by atoms with Crippen LogP contribution in [0.25, 0.3) is 10.1 Å². The summed E-state index contributed by atoms with van der Waals surface area (Å²) in [7, 11) is 1.53. The maximum Gasteiger partial charge on any atom is 0.306 e. The summed E-state index contributed by atoms with van der Waals surface area (Å²) >= 11 is 1.19. The standard InChI is InChI=1S/C30H33NO10S/c1-16(29(35)36)7-22(33)27-12-18-9-23(21(32)13-26(18)42-27)40-5-4-6-41-25-11-20-15-31(14-19(20)10-24(25)39-3)28(34)8-17(2)30(37)38/h9-13,16-17,32H,4-8,14-15H2,1-3H3,(H,35,36)(H,37,38). The second kappa shape index (κ2) is 13.1. The summed E-state index contributed by atoms with van der Waals surface area (Å²) in [5.41, 5.74) is 1.82. The third-order valence-corrected chi connectivity index (χ3v) is 8.19. The number of phenolic OH excluding ortho intramolecular Hbond substituents is 1. The number of carboxylic acid groups (broad SMARTS) is 2. The van der Waals surface area contributed by atoms with Crippen LogP contribution in [0.2, 0.25) is 0 Å². The number of rotatable bonds is 14. The summed E-state index contributed by atoms with van der Waals surface area (Å²) in [6.07, 6.45) is 0.314. The topological polar surface area (TPSA) is 160 Å². The lowest BCUT2D eigenvalue weighted by Gasteiger charge is -2.16. The lowest BCUT2D eigenvalue weighted by atomic mass is 10.0. The Morgan fingerprint density at radius 1 is 0.857 bits per heavy atom. The number of carboxylic acids is 2. The Kier molecular flexibility index (Phi) is 9.56. The molecule has 2 atom stereocenters. The van der Waals surface area contributed by atoms with Gasteiger partial charge in [-0.05, 0) is 40.8 Å². The van der Waals surface area contributed by atoms with Crippen LogP contribution in [0.4, 0.5) is 0 Å². The molecule has 2 aromatic carbocycles. The van der Waals surface area contributed by atoms with E-state index < -0.39 is 23.8 Å². The summed E-state index contributed by atoms with van der Waals surface area (Å²) < 4.78 is 17.9. The van der Waals surface area contributed by atoms with Crippen LogP contribution in [0.5, 0.6) is 23.0 Å². The average Bonchev–Trinajstić information content (AvgIpc) is 3.55. The molecule has 0 spiro atoms. The molecule has 11 nitrogen and oxygen atoms in total. The molecular formula is C30H33NO10S. The van der Waals surface area contributed by atoms with Gasteiger partial charge in [0.1, 0.15) is 0 Å². The van der Waals surface area contributed by atoms with E-state index in [2.05, 4.69) is 0 Å². The lowest BCUT2D eigenvalue weighted by Crippen LogP contribution is -2.28. The van der Waals surface area contributed by atoms with Gasteiger partial charge in [0.05, 0.1) is 37.0 Å². The fraction of sp³-hybridized carbons (Fsp3) is 0.400. The Labute approximate surface area is 246 Å². The minimum atomic E-state index is -1.03. The third-order valence-electron chi connectivity index (χ3n) is 7.05. The maximum atomic E-state index is 12.6. The highest BCUT2D eigenvalue weighted by atomic mass is 32.1. The number of carbonyl (C=O) groups is 4. The van der Waals surface area contributed by atoms with E-state index in [1.54, 1.807) is 17.0 Å². The van der Waals surface area contributed by atoms with Crippen LogP contribution >= 0.6 is 11.3 Å². The van der Waals surface area contributed by atoms with Crippen molar-refractivity contribution in [2.75, 3.05) is 20.3 Å². The first kappa shape index (κ1) is 30.6. The minimum Gasteiger partial charge on any atom is -0.504 e. The Hall–Kier alpha value is -4.32. The van der Waals surface area contributed by atoms with Crippen molar-refractivity contribution in [3.05, 3.63) is 46.3 Å². The van der Waals surface area contributed by atoms with Gasteiger partial charge in [-0.1, -0.05) is 13.8 Å². The Morgan fingerprint density at radius 3 is 2.07 bits per heavy atom. The molecule has 0 aliphatic carbocycles. The Bertz CT molecular complexity index is 1510. The number of phenols is 1. The number of hydrogen-bond donors (Lipinski definition) is 3. The highest BCUT2D eigenvalue weighted by molar-refractivity contribution is 7.20. The second-order valence-electron chi connectivity index (χ2n) is 10.4. The maximum absolute atomic E-state index is 12.6. The van der Waals surface area contributed by atoms with Crippen LogP contribution in [0.3, 0.4) is 0 Å². The zero-order chi connectivity index (χ0) is 30.6. The molecule has 42 heavy (non-hydrogen) atoms. The van der Waals surface area contributed by atoms with Crippen LogP contribution in [0.1, 0.15) is 53.9 Å². The zero-order valence-electron chi connectivity index (χ0n) is 23.5. The molecule has 0 saturated carbocycles. The van der Waals surface area contributed by atoms with Crippen molar-refractivity contribution in [1.29, 1.82) is 0 Å². The number of carbonyl (C=O) groups excluding carboxylic acids is 2. The van der Waals surface area contributed by atoms with Crippen LogP contribution in [-0.4, -0.2) is 64.2 Å². The van der Waals surface area contributed by atoms with E-state index in [-0.39, 0.29) is 49.2 Å². The highest BCUT2D eigenvalue weighted by Crippen LogP contribution is 2.37. The smallest absolute Gasteiger partial charge is 0.306 e. The Balaban J connectivity index is 1.31. The van der Waals surface area contributed by atoms with Gasteiger partial charge < -0.3 is 34.4 Å². The van der Waals surface area contributed by atoms with Crippen LogP contribution in [0.15, 0.2) is 30.3 Å². The number of benzene rings is 2. The van der Waals surface area contributed by atoms with E-state index in [0.717, 1.165) is 11.1 Å². The molecule has 1 aliphatic heterocycles. The molecule has 1 aromatic heterocycles. The number of ether oxygens (including phenoxy) is 3. The molecule has 0 radical (unpaired) electrons. The van der Waals surface area contributed by atoms with Crippen LogP contribution < -0.4 is 14.2 Å². The molecular weight excluding hydrogens is 566 g/mol. The number of thiophene rings is 1. The summed E-state index contributed by atoms with van der Waals surface area (Å²) in [5.74, 6) is -2.84. The molecule has 1 aliphatic rings. The largest absolute Gasteiger partial charge is 0.504 e. The fourth-order valence-corrected chi connectivity index (χ4v) is 5.56. The predicted octanol–water partition coefficient (Wildman–Crippen LogP) is 4.71. The highest BCUT2D eigenvalue weighted by Gasteiger charge is 2.28. The first-order valence-corrected chi connectivity index (χ1v) is 14.3. The van der Waals surface area contributed by atoms with E-state index in [9.17, 15) is 24.3 Å². The number of aliphatic carboxylic acids is 2. The van der Waals surface area contributed by atoms with Crippen molar-refractivity contribution in [3.8, 4) is 23.0 Å². The SMILES string of the molecule is COc1cc2c(cc1OCCCOc1cc3cc(C(=O)CC(C)C(=O)O)sc3cc1O)CN(C(=O)CC(C)C(=O)O)C2. The Morgan fingerprint density at radius 2 is 1.45 bits per heavy atom. The average molecular weight is 600 g/mol. The van der Waals surface area contributed by atoms with Gasteiger partial charge in [-0.3, -0.25) is 19.2 Å². The van der Waals surface area contributed by atoms with Gasteiger partial charge in [-0.2, -0.15) is 0 Å². The predicted molar refractivity (Wildman–Crippen MR) is 154 cm³/mol. The van der Waals surface area contributed by atoms with E-state index in [0.29, 0.717) is 46.0 Å². The van der Waals surface area contributed by atoms with Gasteiger partial charge in [-0.25, -0.2) is 0 Å². The number of Topliss-reactive ketones (excluding diaryl/α,β-unsaturated/α-hetero) is 1. The number of hydrogen-bond acceptors (Lipinski definition) is 9. The summed E-state index contributed by atoms with van der Waals surface area (Å²) in [4.78, 5) is 49.2. The van der Waals surface area contributed by atoms with Crippen molar-refractivity contribution in [3.63, 3.8) is 0 Å². The first-order valence-electron chi connectivity index (χ1n) is 13.4. The van der Waals surface area contributed by atoms with Gasteiger partial charge in [0.25, 0.3) is 0 Å². The summed E-state index contributed by atoms with van der Waals surface area (Å²) in [5, 5.41) is 29.3. The van der Waals surface area contributed by atoms with Gasteiger partial charge in [0, 0.05) is 43.1 Å². The molecule has 224 valence electrons. The van der Waals surface area contributed by atoms with Crippen LogP contribution in [0, 0.1) is 11.8 Å². The number of amides is 1. The molecule has 3 N–H and O–H groups in total. The molecule has 1 amide bonds. The van der Waals surface area contributed by atoms with E-state index in [1.807, 2.05) is 12.1 Å². The molecule has 3 aromatic rings. The van der Waals surface area contributed by atoms with Gasteiger partial charge in [0.15, 0.2) is 28.8 Å². The number of aromatic hydroxyl groups is 1. The van der Waals surface area contributed by atoms with Crippen molar-refractivity contribution in [2.45, 2.75) is 46.2 Å². The molecule has 2 heterocycles. The lowest BCUT2D eigenvalue weighted by molar-refractivity contribution is -0.145. The third kappa shape index (κ3) is 7.11. The summed E-state index contributed by atoms with van der Waals surface area (Å²) in [6, 6.07) is 8.50. The summed E-state index contributed by atoms with van der Waals surface area (Å²) in [6.45, 7) is 4.26. The van der Waals surface area contributed by atoms with Crippen molar-refractivity contribution >= 4 is 45.1 Å². The zero-order valence-corrected chi connectivity index (χ0v) is 24.4. The van der Waals surface area contributed by atoms with Crippen molar-refractivity contribution in [2.24, 2.45) is 11.8 Å². The number of fused-ring (bicyclic) bond motifs is 2. The van der Waals surface area contributed by atoms with Crippen molar-refractivity contribution in [1.82, 2.24) is 4.90 Å². The molecule has 2 unspecified atom stereocenters. The molecule has 12 heteroatoms. The van der Waals surface area contributed by atoms with E-state index in [1.165, 1.54) is 38.4 Å². The number of methoxy groups -OCH3 is 1.